The van der Waals surface area contributed by atoms with Gasteiger partial charge in [-0.05, 0) is 44.3 Å². The van der Waals surface area contributed by atoms with Gasteiger partial charge in [0, 0.05) is 13.1 Å². The van der Waals surface area contributed by atoms with E-state index in [-0.39, 0.29) is 0 Å². The van der Waals surface area contributed by atoms with E-state index in [1.807, 2.05) is 0 Å². The smallest absolute Gasteiger partial charge is 0.00191 e. The summed E-state index contributed by atoms with van der Waals surface area (Å²) in [5, 5.41) is 3.42. The van der Waals surface area contributed by atoms with E-state index in [1.54, 1.807) is 0 Å². The zero-order chi connectivity index (χ0) is 10.4. The average molecular weight is 198 g/mol. The summed E-state index contributed by atoms with van der Waals surface area (Å²) < 4.78 is 0. The largest absolute Gasteiger partial charge is 0.317 e. The van der Waals surface area contributed by atoms with Crippen molar-refractivity contribution in [3.8, 4) is 0 Å². The van der Waals surface area contributed by atoms with Gasteiger partial charge in [-0.2, -0.15) is 0 Å². The highest BCUT2D eigenvalue weighted by molar-refractivity contribution is 4.77. The third-order valence-electron chi connectivity index (χ3n) is 2.97. The molecular formula is C12H26N2. The summed E-state index contributed by atoms with van der Waals surface area (Å²) in [6.45, 7) is 12.9. The molecule has 0 radical (unpaired) electrons. The average Bonchev–Trinajstić information content (AvgIpc) is 2.97. The predicted octanol–water partition coefficient (Wildman–Crippen LogP) is 1.96. The second-order valence-electron chi connectivity index (χ2n) is 4.71. The zero-order valence-corrected chi connectivity index (χ0v) is 10.1. The minimum atomic E-state index is 0.786. The zero-order valence-electron chi connectivity index (χ0n) is 10.1. The predicted molar refractivity (Wildman–Crippen MR) is 62.5 cm³/mol. The first-order valence-corrected chi connectivity index (χ1v) is 6.19. The molecule has 1 fully saturated rings. The maximum absolute atomic E-state index is 3.42. The normalized spacial score (nSPS) is 18.9. The summed E-state index contributed by atoms with van der Waals surface area (Å²) in [5.74, 6) is 1.81. The molecule has 0 aromatic rings. The molecule has 1 unspecified atom stereocenters. The van der Waals surface area contributed by atoms with Crippen LogP contribution in [0.25, 0.3) is 0 Å². The minimum Gasteiger partial charge on any atom is -0.317 e. The molecule has 0 aliphatic heterocycles. The maximum atomic E-state index is 3.42. The van der Waals surface area contributed by atoms with Gasteiger partial charge >= 0.3 is 0 Å². The Morgan fingerprint density at radius 1 is 1.36 bits per heavy atom. The van der Waals surface area contributed by atoms with E-state index >= 15 is 0 Å². The van der Waals surface area contributed by atoms with Crippen LogP contribution in [0.5, 0.6) is 0 Å². The van der Waals surface area contributed by atoms with Crippen molar-refractivity contribution in [3.63, 3.8) is 0 Å². The van der Waals surface area contributed by atoms with Gasteiger partial charge in [0.25, 0.3) is 0 Å². The lowest BCUT2D eigenvalue weighted by molar-refractivity contribution is 0.237. The van der Waals surface area contributed by atoms with Gasteiger partial charge in [-0.15, -0.1) is 0 Å². The van der Waals surface area contributed by atoms with E-state index in [0.29, 0.717) is 0 Å². The number of hydrogen-bond acceptors (Lipinski definition) is 2. The molecule has 0 aromatic carbocycles. The van der Waals surface area contributed by atoms with E-state index in [9.17, 15) is 0 Å². The lowest BCUT2D eigenvalue weighted by Crippen LogP contribution is -2.34. The summed E-state index contributed by atoms with van der Waals surface area (Å²) >= 11 is 0. The molecule has 0 heterocycles. The molecule has 0 saturated heterocycles. The van der Waals surface area contributed by atoms with Gasteiger partial charge in [-0.25, -0.2) is 0 Å². The number of nitrogens with zero attached hydrogens (tertiary/aromatic N) is 1. The highest BCUT2D eigenvalue weighted by atomic mass is 15.1. The molecular weight excluding hydrogens is 172 g/mol. The third-order valence-corrected chi connectivity index (χ3v) is 2.97. The van der Waals surface area contributed by atoms with Crippen molar-refractivity contribution in [3.05, 3.63) is 0 Å². The summed E-state index contributed by atoms with van der Waals surface area (Å²) in [5.41, 5.74) is 0. The molecule has 0 spiro atoms. The van der Waals surface area contributed by atoms with E-state index in [4.69, 9.17) is 0 Å². The second kappa shape index (κ2) is 6.41. The van der Waals surface area contributed by atoms with Crippen LogP contribution in [-0.2, 0) is 0 Å². The highest BCUT2D eigenvalue weighted by Gasteiger charge is 2.24. The molecule has 1 saturated carbocycles. The van der Waals surface area contributed by atoms with Crippen molar-refractivity contribution in [2.45, 2.75) is 33.6 Å². The van der Waals surface area contributed by atoms with Crippen molar-refractivity contribution in [1.82, 2.24) is 10.2 Å². The van der Waals surface area contributed by atoms with Crippen LogP contribution in [0.2, 0.25) is 0 Å². The minimum absolute atomic E-state index is 0.786. The van der Waals surface area contributed by atoms with Crippen LogP contribution in [0.3, 0.4) is 0 Å². The maximum Gasteiger partial charge on any atom is 0.00191 e. The Labute approximate surface area is 89.1 Å². The molecule has 1 rings (SSSR count). The fourth-order valence-corrected chi connectivity index (χ4v) is 1.89. The molecule has 1 aliphatic carbocycles. The molecule has 2 nitrogen and oxygen atoms in total. The fourth-order valence-electron chi connectivity index (χ4n) is 1.89. The first-order chi connectivity index (χ1) is 6.76. The van der Waals surface area contributed by atoms with Crippen molar-refractivity contribution >= 4 is 0 Å². The first-order valence-electron chi connectivity index (χ1n) is 6.19. The summed E-state index contributed by atoms with van der Waals surface area (Å²) in [6, 6.07) is 0. The van der Waals surface area contributed by atoms with Crippen LogP contribution in [0.4, 0.5) is 0 Å². The fraction of sp³-hybridized carbons (Fsp3) is 1.00. The van der Waals surface area contributed by atoms with Crippen LogP contribution in [0, 0.1) is 11.8 Å². The number of hydrogen-bond donors (Lipinski definition) is 1. The van der Waals surface area contributed by atoms with Gasteiger partial charge in [0.05, 0.1) is 0 Å². The molecule has 0 aromatic heterocycles. The molecule has 0 amide bonds. The molecule has 14 heavy (non-hydrogen) atoms. The standard InChI is InChI=1S/C12H26N2/c1-4-13-8-11(3)9-14(5-2)10-12-6-7-12/h11-13H,4-10H2,1-3H3. The summed E-state index contributed by atoms with van der Waals surface area (Å²) in [6.07, 6.45) is 2.94. The lowest BCUT2D eigenvalue weighted by atomic mass is 10.1. The van der Waals surface area contributed by atoms with Crippen molar-refractivity contribution in [2.75, 3.05) is 32.7 Å². The molecule has 2 heteroatoms. The van der Waals surface area contributed by atoms with Crippen molar-refractivity contribution in [1.29, 1.82) is 0 Å². The van der Waals surface area contributed by atoms with E-state index < -0.39 is 0 Å². The van der Waals surface area contributed by atoms with Gasteiger partial charge in [0.1, 0.15) is 0 Å². The Morgan fingerprint density at radius 2 is 2.07 bits per heavy atom. The highest BCUT2D eigenvalue weighted by Crippen LogP contribution is 2.29. The number of nitrogens with one attached hydrogen (secondary N) is 1. The Hall–Kier alpha value is -0.0800. The molecule has 1 atom stereocenters. The van der Waals surface area contributed by atoms with Crippen LogP contribution in [0.15, 0.2) is 0 Å². The van der Waals surface area contributed by atoms with E-state index in [1.165, 1.54) is 32.5 Å². The van der Waals surface area contributed by atoms with E-state index in [0.717, 1.165) is 24.9 Å². The summed E-state index contributed by atoms with van der Waals surface area (Å²) in [7, 11) is 0. The topological polar surface area (TPSA) is 15.3 Å². The van der Waals surface area contributed by atoms with Gasteiger partial charge in [0.15, 0.2) is 0 Å². The van der Waals surface area contributed by atoms with Gasteiger partial charge < -0.3 is 10.2 Å². The van der Waals surface area contributed by atoms with Crippen molar-refractivity contribution in [2.24, 2.45) is 11.8 Å². The van der Waals surface area contributed by atoms with Gasteiger partial charge in [0.2, 0.25) is 0 Å². The van der Waals surface area contributed by atoms with Crippen LogP contribution in [0.1, 0.15) is 33.6 Å². The molecule has 1 aliphatic rings. The van der Waals surface area contributed by atoms with Crippen molar-refractivity contribution < 1.29 is 0 Å². The van der Waals surface area contributed by atoms with Gasteiger partial charge in [-0.1, -0.05) is 20.8 Å². The molecule has 0 bridgehead atoms. The second-order valence-corrected chi connectivity index (χ2v) is 4.71. The Balaban J connectivity index is 2.10. The number of rotatable bonds is 8. The lowest BCUT2D eigenvalue weighted by Gasteiger charge is -2.24. The molecule has 84 valence electrons. The van der Waals surface area contributed by atoms with Gasteiger partial charge in [-0.3, -0.25) is 0 Å². The summed E-state index contributed by atoms with van der Waals surface area (Å²) in [4.78, 5) is 2.61. The Morgan fingerprint density at radius 3 is 2.57 bits per heavy atom. The van der Waals surface area contributed by atoms with E-state index in [2.05, 4.69) is 31.0 Å². The molecule has 1 N–H and O–H groups in total. The third kappa shape index (κ3) is 4.97. The van der Waals surface area contributed by atoms with Crippen LogP contribution >= 0.6 is 0 Å². The van der Waals surface area contributed by atoms with Crippen LogP contribution in [-0.4, -0.2) is 37.6 Å². The first kappa shape index (κ1) is 12.0. The quantitative estimate of drug-likeness (QED) is 0.641. The van der Waals surface area contributed by atoms with Crippen LogP contribution < -0.4 is 5.32 Å². The SMILES string of the molecule is CCNCC(C)CN(CC)CC1CC1. The Kier molecular flexibility index (Phi) is 5.49. The Bertz CT molecular complexity index is 143. The monoisotopic (exact) mass is 198 g/mol.